The standard InChI is InChI=1S/C16H22N2O4S/c1-12-4-3-5-14(8-12)9-18(13(2)19)10-16(20)17-15-6-7-23(21,22)11-15/h3-5,8,15H,6-7,9-11H2,1-2H3,(H,17,20). The Morgan fingerprint density at radius 2 is 2.09 bits per heavy atom. The number of aryl methyl sites for hydroxylation is 1. The van der Waals surface area contributed by atoms with Crippen LogP contribution in [0.5, 0.6) is 0 Å². The van der Waals surface area contributed by atoms with Gasteiger partial charge in [-0.15, -0.1) is 0 Å². The SMILES string of the molecule is CC(=O)N(CC(=O)NC1CCS(=O)(=O)C1)Cc1cccc(C)c1. The lowest BCUT2D eigenvalue weighted by Crippen LogP contribution is -2.43. The number of carbonyl (C=O) groups excluding carboxylic acids is 2. The van der Waals surface area contributed by atoms with Crippen LogP contribution in [0.4, 0.5) is 0 Å². The first-order chi connectivity index (χ1) is 10.7. The van der Waals surface area contributed by atoms with E-state index >= 15 is 0 Å². The number of amides is 2. The number of carbonyl (C=O) groups is 2. The number of benzene rings is 1. The second-order valence-electron chi connectivity index (χ2n) is 6.03. The summed E-state index contributed by atoms with van der Waals surface area (Å²) in [7, 11) is -3.03. The summed E-state index contributed by atoms with van der Waals surface area (Å²) in [6.45, 7) is 3.67. The zero-order valence-corrected chi connectivity index (χ0v) is 14.2. The molecule has 23 heavy (non-hydrogen) atoms. The van der Waals surface area contributed by atoms with Crippen molar-refractivity contribution in [1.29, 1.82) is 0 Å². The van der Waals surface area contributed by atoms with Crippen molar-refractivity contribution in [2.45, 2.75) is 32.9 Å². The van der Waals surface area contributed by atoms with Crippen LogP contribution in [0.1, 0.15) is 24.5 Å². The lowest BCUT2D eigenvalue weighted by atomic mass is 10.1. The van der Waals surface area contributed by atoms with Gasteiger partial charge in [-0.05, 0) is 18.9 Å². The van der Waals surface area contributed by atoms with E-state index < -0.39 is 9.84 Å². The molecule has 1 aromatic rings. The summed E-state index contributed by atoms with van der Waals surface area (Å²) in [5.41, 5.74) is 2.04. The number of nitrogens with zero attached hydrogens (tertiary/aromatic N) is 1. The summed E-state index contributed by atoms with van der Waals surface area (Å²) < 4.78 is 22.8. The van der Waals surface area contributed by atoms with Crippen LogP contribution >= 0.6 is 0 Å². The molecule has 1 heterocycles. The molecule has 2 amide bonds. The molecule has 2 rings (SSSR count). The third kappa shape index (κ3) is 5.35. The number of hydrogen-bond donors (Lipinski definition) is 1. The number of nitrogens with one attached hydrogen (secondary N) is 1. The molecule has 7 heteroatoms. The first-order valence-electron chi connectivity index (χ1n) is 7.56. The maximum atomic E-state index is 12.1. The molecule has 1 aliphatic heterocycles. The minimum Gasteiger partial charge on any atom is -0.351 e. The molecule has 0 aromatic heterocycles. The molecule has 0 bridgehead atoms. The van der Waals surface area contributed by atoms with E-state index in [-0.39, 0.29) is 35.9 Å². The maximum absolute atomic E-state index is 12.1. The Morgan fingerprint density at radius 1 is 1.35 bits per heavy atom. The molecule has 1 unspecified atom stereocenters. The summed E-state index contributed by atoms with van der Waals surface area (Å²) in [6.07, 6.45) is 0.437. The van der Waals surface area contributed by atoms with E-state index in [0.29, 0.717) is 13.0 Å². The fourth-order valence-corrected chi connectivity index (χ4v) is 4.34. The third-order valence-corrected chi connectivity index (χ3v) is 5.60. The Hall–Kier alpha value is -1.89. The monoisotopic (exact) mass is 338 g/mol. The average molecular weight is 338 g/mol. The van der Waals surface area contributed by atoms with E-state index in [1.54, 1.807) is 0 Å². The van der Waals surface area contributed by atoms with Gasteiger partial charge in [-0.1, -0.05) is 29.8 Å². The molecular formula is C16H22N2O4S. The highest BCUT2D eigenvalue weighted by atomic mass is 32.2. The number of hydrogen-bond acceptors (Lipinski definition) is 4. The highest BCUT2D eigenvalue weighted by molar-refractivity contribution is 7.91. The molecule has 6 nitrogen and oxygen atoms in total. The summed E-state index contributed by atoms with van der Waals surface area (Å²) in [4.78, 5) is 25.3. The van der Waals surface area contributed by atoms with Crippen molar-refractivity contribution >= 4 is 21.7 Å². The molecule has 126 valence electrons. The summed E-state index contributed by atoms with van der Waals surface area (Å²) in [5.74, 6) is -0.426. The van der Waals surface area contributed by atoms with Gasteiger partial charge in [-0.25, -0.2) is 8.42 Å². The van der Waals surface area contributed by atoms with Crippen molar-refractivity contribution < 1.29 is 18.0 Å². The molecule has 1 fully saturated rings. The molecule has 0 aliphatic carbocycles. The van der Waals surface area contributed by atoms with Crippen molar-refractivity contribution in [3.05, 3.63) is 35.4 Å². The molecule has 1 aromatic carbocycles. The molecule has 0 spiro atoms. The lowest BCUT2D eigenvalue weighted by Gasteiger charge is -2.22. The molecule has 1 N–H and O–H groups in total. The van der Waals surface area contributed by atoms with Crippen molar-refractivity contribution in [3.8, 4) is 0 Å². The minimum atomic E-state index is -3.03. The van der Waals surface area contributed by atoms with E-state index in [1.165, 1.54) is 11.8 Å². The molecular weight excluding hydrogens is 316 g/mol. The van der Waals surface area contributed by atoms with E-state index in [9.17, 15) is 18.0 Å². The van der Waals surface area contributed by atoms with Crippen molar-refractivity contribution in [2.75, 3.05) is 18.1 Å². The predicted octanol–water partition coefficient (Wildman–Crippen LogP) is 0.647. The van der Waals surface area contributed by atoms with Gasteiger partial charge in [0, 0.05) is 19.5 Å². The van der Waals surface area contributed by atoms with Gasteiger partial charge >= 0.3 is 0 Å². The van der Waals surface area contributed by atoms with E-state index in [4.69, 9.17) is 0 Å². The van der Waals surface area contributed by atoms with Crippen LogP contribution < -0.4 is 5.32 Å². The quantitative estimate of drug-likeness (QED) is 0.854. The van der Waals surface area contributed by atoms with Crippen LogP contribution in [0.15, 0.2) is 24.3 Å². The number of sulfone groups is 1. The van der Waals surface area contributed by atoms with Crippen LogP contribution in [-0.4, -0.2) is 49.2 Å². The second-order valence-corrected chi connectivity index (χ2v) is 8.26. The van der Waals surface area contributed by atoms with Crippen molar-refractivity contribution in [2.24, 2.45) is 0 Å². The summed E-state index contributed by atoms with van der Waals surface area (Å²) >= 11 is 0. The third-order valence-electron chi connectivity index (χ3n) is 3.83. The topological polar surface area (TPSA) is 83.6 Å². The molecule has 1 atom stereocenters. The molecule has 0 saturated carbocycles. The van der Waals surface area contributed by atoms with Crippen LogP contribution in [0, 0.1) is 6.92 Å². The van der Waals surface area contributed by atoms with Crippen LogP contribution in [-0.2, 0) is 26.0 Å². The Bertz CT molecular complexity index is 700. The maximum Gasteiger partial charge on any atom is 0.239 e. The van der Waals surface area contributed by atoms with Crippen molar-refractivity contribution in [1.82, 2.24) is 10.2 Å². The Morgan fingerprint density at radius 3 is 2.65 bits per heavy atom. The van der Waals surface area contributed by atoms with Gasteiger partial charge in [0.15, 0.2) is 9.84 Å². The molecule has 1 saturated heterocycles. The van der Waals surface area contributed by atoms with Gasteiger partial charge in [-0.3, -0.25) is 9.59 Å². The van der Waals surface area contributed by atoms with Gasteiger partial charge in [0.25, 0.3) is 0 Å². The molecule has 0 radical (unpaired) electrons. The normalized spacial score (nSPS) is 19.3. The fourth-order valence-electron chi connectivity index (χ4n) is 2.66. The average Bonchev–Trinajstić information content (AvgIpc) is 2.77. The van der Waals surface area contributed by atoms with Gasteiger partial charge in [-0.2, -0.15) is 0 Å². The van der Waals surface area contributed by atoms with Gasteiger partial charge in [0.2, 0.25) is 11.8 Å². The highest BCUT2D eigenvalue weighted by Gasteiger charge is 2.29. The van der Waals surface area contributed by atoms with E-state index in [0.717, 1.165) is 11.1 Å². The predicted molar refractivity (Wildman–Crippen MR) is 87.5 cm³/mol. The Labute approximate surface area is 136 Å². The van der Waals surface area contributed by atoms with Crippen LogP contribution in [0.2, 0.25) is 0 Å². The smallest absolute Gasteiger partial charge is 0.239 e. The number of rotatable bonds is 5. The zero-order chi connectivity index (χ0) is 17.0. The first-order valence-corrected chi connectivity index (χ1v) is 9.38. The van der Waals surface area contributed by atoms with E-state index in [2.05, 4.69) is 5.32 Å². The van der Waals surface area contributed by atoms with Crippen LogP contribution in [0.3, 0.4) is 0 Å². The molecule has 1 aliphatic rings. The zero-order valence-electron chi connectivity index (χ0n) is 13.4. The summed E-state index contributed by atoms with van der Waals surface area (Å²) in [5, 5.41) is 2.70. The Kier molecular flexibility index (Phi) is 5.41. The van der Waals surface area contributed by atoms with Crippen LogP contribution in [0.25, 0.3) is 0 Å². The van der Waals surface area contributed by atoms with E-state index in [1.807, 2.05) is 31.2 Å². The van der Waals surface area contributed by atoms with Gasteiger partial charge in [0.05, 0.1) is 18.1 Å². The van der Waals surface area contributed by atoms with Gasteiger partial charge in [0.1, 0.15) is 0 Å². The second kappa shape index (κ2) is 7.12. The Balaban J connectivity index is 1.94. The van der Waals surface area contributed by atoms with Crippen molar-refractivity contribution in [3.63, 3.8) is 0 Å². The largest absolute Gasteiger partial charge is 0.351 e. The highest BCUT2D eigenvalue weighted by Crippen LogP contribution is 2.12. The fraction of sp³-hybridized carbons (Fsp3) is 0.500. The summed E-state index contributed by atoms with van der Waals surface area (Å²) in [6, 6.07) is 7.41. The minimum absolute atomic E-state index is 0.0172. The lowest BCUT2D eigenvalue weighted by molar-refractivity contribution is -0.135. The van der Waals surface area contributed by atoms with Gasteiger partial charge < -0.3 is 10.2 Å². The first kappa shape index (κ1) is 17.5.